The van der Waals surface area contributed by atoms with E-state index in [-0.39, 0.29) is 5.78 Å². The van der Waals surface area contributed by atoms with Crippen LogP contribution < -0.4 is 0 Å². The van der Waals surface area contributed by atoms with Gasteiger partial charge in [-0.15, -0.1) is 23.4 Å². The zero-order chi connectivity index (χ0) is 10.6. The average molecular weight is 229 g/mol. The maximum absolute atomic E-state index is 11.6. The van der Waals surface area contributed by atoms with Crippen LogP contribution in [0.2, 0.25) is 0 Å². The number of ketones is 1. The first-order chi connectivity index (χ1) is 6.74. The first kappa shape index (κ1) is 11.6. The molecule has 3 heteroatoms. The van der Waals surface area contributed by atoms with Crippen molar-refractivity contribution >= 4 is 29.1 Å². The lowest BCUT2D eigenvalue weighted by atomic mass is 10.0. The summed E-state index contributed by atoms with van der Waals surface area (Å²) in [6.07, 6.45) is 2.52. The third-order valence-electron chi connectivity index (χ3n) is 2.11. The van der Waals surface area contributed by atoms with E-state index < -0.39 is 0 Å². The van der Waals surface area contributed by atoms with Gasteiger partial charge in [0.05, 0.1) is 0 Å². The van der Waals surface area contributed by atoms with Gasteiger partial charge in [0.2, 0.25) is 0 Å². The van der Waals surface area contributed by atoms with Crippen molar-refractivity contribution in [1.82, 2.24) is 0 Å². The predicted octanol–water partition coefficient (Wildman–Crippen LogP) is 3.74. The highest BCUT2D eigenvalue weighted by molar-refractivity contribution is 7.98. The van der Waals surface area contributed by atoms with E-state index in [1.807, 2.05) is 31.4 Å². The Labute approximate surface area is 93.8 Å². The van der Waals surface area contributed by atoms with Crippen LogP contribution in [0.4, 0.5) is 0 Å². The second kappa shape index (κ2) is 5.42. The van der Waals surface area contributed by atoms with Crippen LogP contribution in [0.15, 0.2) is 23.1 Å². The minimum Gasteiger partial charge on any atom is -0.294 e. The van der Waals surface area contributed by atoms with Crippen LogP contribution >= 0.6 is 23.4 Å². The fourth-order valence-corrected chi connectivity index (χ4v) is 2.36. The quantitative estimate of drug-likeness (QED) is 0.444. The minimum absolute atomic E-state index is 0.163. The van der Waals surface area contributed by atoms with Gasteiger partial charge in [0.25, 0.3) is 0 Å². The fraction of sp³-hybridized carbons (Fsp3) is 0.364. The average Bonchev–Trinajstić information content (AvgIpc) is 2.26. The molecule has 0 bridgehead atoms. The smallest absolute Gasteiger partial charge is 0.162 e. The molecule has 14 heavy (non-hydrogen) atoms. The zero-order valence-electron chi connectivity index (χ0n) is 8.34. The lowest BCUT2D eigenvalue weighted by Gasteiger charge is -2.09. The normalized spacial score (nSPS) is 10.2. The molecule has 0 heterocycles. The summed E-state index contributed by atoms with van der Waals surface area (Å²) in [6.45, 7) is 1.87. The van der Waals surface area contributed by atoms with Gasteiger partial charge >= 0.3 is 0 Å². The number of carbonyl (C=O) groups is 1. The zero-order valence-corrected chi connectivity index (χ0v) is 9.91. The number of thioether (sulfide) groups is 1. The van der Waals surface area contributed by atoms with Crippen LogP contribution in [-0.4, -0.2) is 12.0 Å². The van der Waals surface area contributed by atoms with Gasteiger partial charge < -0.3 is 0 Å². The summed E-state index contributed by atoms with van der Waals surface area (Å²) < 4.78 is 0. The van der Waals surface area contributed by atoms with Gasteiger partial charge in [-0.1, -0.05) is 19.1 Å². The molecule has 0 radical (unpaired) electrons. The van der Waals surface area contributed by atoms with E-state index in [9.17, 15) is 4.79 Å². The first-order valence-corrected chi connectivity index (χ1v) is 6.25. The lowest BCUT2D eigenvalue weighted by molar-refractivity contribution is 0.0987. The van der Waals surface area contributed by atoms with Crippen LogP contribution in [-0.2, 0) is 5.88 Å². The van der Waals surface area contributed by atoms with Crippen molar-refractivity contribution < 1.29 is 4.79 Å². The van der Waals surface area contributed by atoms with Gasteiger partial charge in [0.1, 0.15) is 0 Å². The number of halogens is 1. The van der Waals surface area contributed by atoms with Crippen molar-refractivity contribution in [3.05, 3.63) is 29.3 Å². The second-order valence-corrected chi connectivity index (χ2v) is 4.01. The van der Waals surface area contributed by atoms with Crippen molar-refractivity contribution in [3.8, 4) is 0 Å². The van der Waals surface area contributed by atoms with Crippen molar-refractivity contribution in [2.24, 2.45) is 0 Å². The van der Waals surface area contributed by atoms with Gasteiger partial charge in [-0.25, -0.2) is 0 Å². The summed E-state index contributed by atoms with van der Waals surface area (Å²) in [5.74, 6) is 0.564. The maximum atomic E-state index is 11.6. The van der Waals surface area contributed by atoms with Crippen molar-refractivity contribution in [2.45, 2.75) is 24.1 Å². The van der Waals surface area contributed by atoms with Crippen LogP contribution in [0.3, 0.4) is 0 Å². The summed E-state index contributed by atoms with van der Waals surface area (Å²) in [7, 11) is 0. The van der Waals surface area contributed by atoms with E-state index in [0.717, 1.165) is 16.0 Å². The SMILES string of the molecule is CCC(=O)c1cccc(SC)c1CCl. The first-order valence-electron chi connectivity index (χ1n) is 4.49. The number of alkyl halides is 1. The van der Waals surface area contributed by atoms with E-state index in [1.165, 1.54) is 0 Å². The van der Waals surface area contributed by atoms with E-state index in [4.69, 9.17) is 11.6 Å². The van der Waals surface area contributed by atoms with E-state index in [1.54, 1.807) is 11.8 Å². The molecular weight excluding hydrogens is 216 g/mol. The summed E-state index contributed by atoms with van der Waals surface area (Å²) >= 11 is 7.48. The van der Waals surface area contributed by atoms with Gasteiger partial charge in [-0.2, -0.15) is 0 Å². The standard InChI is InChI=1S/C11H13ClOS/c1-3-10(13)8-5-4-6-11(14-2)9(8)7-12/h4-6H,3,7H2,1-2H3. The topological polar surface area (TPSA) is 17.1 Å². The van der Waals surface area contributed by atoms with Crippen molar-refractivity contribution in [1.29, 1.82) is 0 Å². The molecule has 0 aliphatic rings. The number of Topliss-reactive ketones (excluding diaryl/α,β-unsaturated/α-hetero) is 1. The largest absolute Gasteiger partial charge is 0.294 e. The van der Waals surface area contributed by atoms with E-state index in [0.29, 0.717) is 12.3 Å². The number of hydrogen-bond donors (Lipinski definition) is 0. The third kappa shape index (κ3) is 2.31. The summed E-state index contributed by atoms with van der Waals surface area (Å²) in [6, 6.07) is 5.75. The molecule has 0 unspecified atom stereocenters. The molecule has 0 saturated carbocycles. The Balaban J connectivity index is 3.21. The van der Waals surface area contributed by atoms with Gasteiger partial charge in [0, 0.05) is 22.8 Å². The molecule has 0 atom stereocenters. The fourth-order valence-electron chi connectivity index (χ4n) is 1.35. The van der Waals surface area contributed by atoms with E-state index >= 15 is 0 Å². The van der Waals surface area contributed by atoms with Crippen LogP contribution in [0.25, 0.3) is 0 Å². The van der Waals surface area contributed by atoms with Crippen LogP contribution in [0, 0.1) is 0 Å². The van der Waals surface area contributed by atoms with Gasteiger partial charge in [-0.3, -0.25) is 4.79 Å². The van der Waals surface area contributed by atoms with Crippen molar-refractivity contribution in [3.63, 3.8) is 0 Å². The Bertz CT molecular complexity index is 336. The molecule has 0 spiro atoms. The summed E-state index contributed by atoms with van der Waals surface area (Å²) in [5.41, 5.74) is 1.74. The number of rotatable bonds is 4. The molecule has 1 aromatic carbocycles. The Kier molecular flexibility index (Phi) is 4.49. The molecule has 0 N–H and O–H groups in total. The Morgan fingerprint density at radius 2 is 2.21 bits per heavy atom. The molecule has 76 valence electrons. The molecular formula is C11H13ClOS. The Morgan fingerprint density at radius 3 is 2.71 bits per heavy atom. The molecule has 1 nitrogen and oxygen atoms in total. The molecule has 0 amide bonds. The predicted molar refractivity (Wildman–Crippen MR) is 62.4 cm³/mol. The second-order valence-electron chi connectivity index (χ2n) is 2.90. The van der Waals surface area contributed by atoms with Crippen LogP contribution in [0.1, 0.15) is 29.3 Å². The van der Waals surface area contributed by atoms with Gasteiger partial charge in [0.15, 0.2) is 5.78 Å². The molecule has 1 rings (SSSR count). The Hall–Kier alpha value is -0.470. The molecule has 0 saturated heterocycles. The maximum Gasteiger partial charge on any atom is 0.162 e. The summed E-state index contributed by atoms with van der Waals surface area (Å²) in [5, 5.41) is 0. The molecule has 0 aliphatic heterocycles. The minimum atomic E-state index is 0.163. The Morgan fingerprint density at radius 1 is 1.50 bits per heavy atom. The monoisotopic (exact) mass is 228 g/mol. The molecule has 0 aromatic heterocycles. The lowest BCUT2D eigenvalue weighted by Crippen LogP contribution is -2.02. The summed E-state index contributed by atoms with van der Waals surface area (Å²) in [4.78, 5) is 12.7. The third-order valence-corrected chi connectivity index (χ3v) is 3.20. The number of carbonyl (C=O) groups excluding carboxylic acids is 1. The highest BCUT2D eigenvalue weighted by atomic mass is 35.5. The number of hydrogen-bond acceptors (Lipinski definition) is 2. The van der Waals surface area contributed by atoms with Crippen LogP contribution in [0.5, 0.6) is 0 Å². The highest BCUT2D eigenvalue weighted by Crippen LogP contribution is 2.25. The number of benzene rings is 1. The van der Waals surface area contributed by atoms with Crippen molar-refractivity contribution in [2.75, 3.05) is 6.26 Å². The van der Waals surface area contributed by atoms with E-state index in [2.05, 4.69) is 0 Å². The van der Waals surface area contributed by atoms with Gasteiger partial charge in [-0.05, 0) is 17.9 Å². The molecule has 0 aliphatic carbocycles. The highest BCUT2D eigenvalue weighted by Gasteiger charge is 2.11. The molecule has 0 fully saturated rings. The molecule has 1 aromatic rings.